The molecule has 2 aromatic carbocycles. The summed E-state index contributed by atoms with van der Waals surface area (Å²) in [7, 11) is -3.81. The maximum atomic E-state index is 13.4. The molecule has 0 amide bonds. The van der Waals surface area contributed by atoms with E-state index in [0.717, 1.165) is 22.3 Å². The molecule has 0 fully saturated rings. The Bertz CT molecular complexity index is 1090. The van der Waals surface area contributed by atoms with Crippen molar-refractivity contribution in [2.24, 2.45) is 0 Å². The van der Waals surface area contributed by atoms with E-state index in [-0.39, 0.29) is 5.41 Å². The van der Waals surface area contributed by atoms with Gasteiger partial charge in [0.1, 0.15) is 11.9 Å². The smallest absolute Gasteiger partial charge is 0.242 e. The lowest BCUT2D eigenvalue weighted by Crippen LogP contribution is -2.31. The molecule has 3 rings (SSSR count). The standard InChI is InChI=1S/C22H28N4O2S/c1-14-12-18(22(4,5)6)13-15(2)20(14)29(27,28)26-19(17-10-8-7-9-11-17)21-23-16(3)24-25-21/h7-13,19,26H,1-6H3,(H,23,24,25). The van der Waals surface area contributed by atoms with Gasteiger partial charge in [0.25, 0.3) is 0 Å². The highest BCUT2D eigenvalue weighted by Gasteiger charge is 2.29. The van der Waals surface area contributed by atoms with Gasteiger partial charge in [-0.2, -0.15) is 9.82 Å². The summed E-state index contributed by atoms with van der Waals surface area (Å²) >= 11 is 0. The molecule has 2 N–H and O–H groups in total. The Labute approximate surface area is 172 Å². The van der Waals surface area contributed by atoms with Crippen molar-refractivity contribution in [3.8, 4) is 0 Å². The molecule has 0 bridgehead atoms. The molecule has 0 saturated carbocycles. The van der Waals surface area contributed by atoms with Crippen molar-refractivity contribution in [1.29, 1.82) is 0 Å². The van der Waals surface area contributed by atoms with Crippen LogP contribution < -0.4 is 4.72 Å². The van der Waals surface area contributed by atoms with Crippen molar-refractivity contribution < 1.29 is 8.42 Å². The number of nitrogens with one attached hydrogen (secondary N) is 2. The van der Waals surface area contributed by atoms with Crippen LogP contribution in [0.3, 0.4) is 0 Å². The number of nitrogens with zero attached hydrogens (tertiary/aromatic N) is 2. The highest BCUT2D eigenvalue weighted by Crippen LogP contribution is 2.30. The lowest BCUT2D eigenvalue weighted by Gasteiger charge is -2.23. The number of aromatic nitrogens is 3. The van der Waals surface area contributed by atoms with Crippen LogP contribution in [0.25, 0.3) is 0 Å². The molecule has 0 saturated heterocycles. The molecule has 7 heteroatoms. The van der Waals surface area contributed by atoms with Gasteiger partial charge in [-0.25, -0.2) is 13.4 Å². The van der Waals surface area contributed by atoms with Crippen LogP contribution in [0.2, 0.25) is 0 Å². The van der Waals surface area contributed by atoms with E-state index >= 15 is 0 Å². The van der Waals surface area contributed by atoms with Crippen molar-refractivity contribution in [3.63, 3.8) is 0 Å². The van der Waals surface area contributed by atoms with Crippen LogP contribution in [-0.4, -0.2) is 23.6 Å². The van der Waals surface area contributed by atoms with E-state index in [2.05, 4.69) is 40.7 Å². The zero-order valence-corrected chi connectivity index (χ0v) is 18.6. The zero-order chi connectivity index (χ0) is 21.4. The van der Waals surface area contributed by atoms with Crippen LogP contribution in [0.5, 0.6) is 0 Å². The molecule has 0 spiro atoms. The molecule has 0 aliphatic rings. The van der Waals surface area contributed by atoms with Gasteiger partial charge in [0.15, 0.2) is 5.82 Å². The minimum absolute atomic E-state index is 0.0612. The van der Waals surface area contributed by atoms with E-state index in [1.54, 1.807) is 6.92 Å². The van der Waals surface area contributed by atoms with Crippen molar-refractivity contribution in [2.75, 3.05) is 0 Å². The second-order valence-electron chi connectivity index (χ2n) is 8.43. The monoisotopic (exact) mass is 412 g/mol. The van der Waals surface area contributed by atoms with Gasteiger partial charge in [-0.05, 0) is 48.4 Å². The summed E-state index contributed by atoms with van der Waals surface area (Å²) < 4.78 is 29.7. The van der Waals surface area contributed by atoms with Crippen molar-refractivity contribution in [1.82, 2.24) is 19.9 Å². The number of aryl methyl sites for hydroxylation is 3. The minimum Gasteiger partial charge on any atom is -0.263 e. The molecule has 0 aliphatic carbocycles. The third kappa shape index (κ3) is 4.57. The van der Waals surface area contributed by atoms with Crippen molar-refractivity contribution in [3.05, 3.63) is 76.4 Å². The van der Waals surface area contributed by atoms with Crippen molar-refractivity contribution >= 4 is 10.0 Å². The summed E-state index contributed by atoms with van der Waals surface area (Å²) in [6, 6.07) is 12.6. The molecule has 0 radical (unpaired) electrons. The second-order valence-corrected chi connectivity index (χ2v) is 10.1. The second kappa shape index (κ2) is 7.72. The molecule has 0 aliphatic heterocycles. The Morgan fingerprint density at radius 2 is 1.59 bits per heavy atom. The van der Waals surface area contributed by atoms with Gasteiger partial charge in [-0.3, -0.25) is 5.10 Å². The topological polar surface area (TPSA) is 87.7 Å². The molecule has 1 aromatic heterocycles. The fourth-order valence-corrected chi connectivity index (χ4v) is 5.06. The summed E-state index contributed by atoms with van der Waals surface area (Å²) in [5.41, 5.74) is 3.27. The summed E-state index contributed by atoms with van der Waals surface area (Å²) in [4.78, 5) is 4.67. The lowest BCUT2D eigenvalue weighted by molar-refractivity contribution is 0.564. The van der Waals surface area contributed by atoms with Crippen LogP contribution in [0, 0.1) is 20.8 Å². The fourth-order valence-electron chi connectivity index (χ4n) is 3.43. The summed E-state index contributed by atoms with van der Waals surface area (Å²) in [6.07, 6.45) is 0. The number of sulfonamides is 1. The van der Waals surface area contributed by atoms with Crippen LogP contribution in [0.1, 0.15) is 60.7 Å². The van der Waals surface area contributed by atoms with E-state index < -0.39 is 16.1 Å². The zero-order valence-electron chi connectivity index (χ0n) is 17.7. The quantitative estimate of drug-likeness (QED) is 0.660. The first-order valence-corrected chi connectivity index (χ1v) is 11.1. The Morgan fingerprint density at radius 1 is 1.00 bits per heavy atom. The first kappa shape index (κ1) is 21.2. The Hall–Kier alpha value is -2.51. The molecular weight excluding hydrogens is 384 g/mol. The first-order chi connectivity index (χ1) is 13.5. The molecule has 29 heavy (non-hydrogen) atoms. The highest BCUT2D eigenvalue weighted by molar-refractivity contribution is 7.89. The van der Waals surface area contributed by atoms with Gasteiger partial charge < -0.3 is 0 Å². The Kier molecular flexibility index (Phi) is 5.65. The van der Waals surface area contributed by atoms with Crippen LogP contribution in [-0.2, 0) is 15.4 Å². The summed E-state index contributed by atoms with van der Waals surface area (Å²) in [5, 5.41) is 6.99. The van der Waals surface area contributed by atoms with Gasteiger partial charge in [-0.15, -0.1) is 0 Å². The van der Waals surface area contributed by atoms with Gasteiger partial charge in [-0.1, -0.05) is 63.2 Å². The van der Waals surface area contributed by atoms with Gasteiger partial charge in [0, 0.05) is 0 Å². The Morgan fingerprint density at radius 3 is 2.07 bits per heavy atom. The first-order valence-electron chi connectivity index (χ1n) is 9.57. The van der Waals surface area contributed by atoms with Gasteiger partial charge in [0.05, 0.1) is 4.90 Å². The predicted octanol–water partition coefficient (Wildman–Crippen LogP) is 4.10. The van der Waals surface area contributed by atoms with Gasteiger partial charge in [0.2, 0.25) is 10.0 Å². The lowest BCUT2D eigenvalue weighted by atomic mass is 9.85. The number of H-pyrrole nitrogens is 1. The number of aromatic amines is 1. The van der Waals surface area contributed by atoms with Gasteiger partial charge >= 0.3 is 0 Å². The van der Waals surface area contributed by atoms with E-state index in [1.807, 2.05) is 56.3 Å². The van der Waals surface area contributed by atoms with E-state index in [0.29, 0.717) is 16.5 Å². The van der Waals surface area contributed by atoms with E-state index in [1.165, 1.54) is 0 Å². The maximum absolute atomic E-state index is 13.4. The van der Waals surface area contributed by atoms with Crippen molar-refractivity contribution in [2.45, 2.75) is 57.9 Å². The molecule has 1 unspecified atom stereocenters. The van der Waals surface area contributed by atoms with Crippen LogP contribution in [0.4, 0.5) is 0 Å². The molecule has 154 valence electrons. The number of hydrogen-bond acceptors (Lipinski definition) is 4. The maximum Gasteiger partial charge on any atom is 0.242 e. The SMILES string of the molecule is Cc1nc(C(NS(=O)(=O)c2c(C)cc(C(C)(C)C)cc2C)c2ccccc2)n[nH]1. The predicted molar refractivity (Wildman–Crippen MR) is 114 cm³/mol. The van der Waals surface area contributed by atoms with Crippen LogP contribution >= 0.6 is 0 Å². The van der Waals surface area contributed by atoms with Crippen LogP contribution in [0.15, 0.2) is 47.4 Å². The molecule has 1 atom stereocenters. The molecule has 6 nitrogen and oxygen atoms in total. The number of hydrogen-bond donors (Lipinski definition) is 2. The molecule has 1 heterocycles. The van der Waals surface area contributed by atoms with E-state index in [4.69, 9.17) is 0 Å². The average molecular weight is 413 g/mol. The summed E-state index contributed by atoms with van der Waals surface area (Å²) in [6.45, 7) is 11.8. The largest absolute Gasteiger partial charge is 0.263 e. The normalized spacial score (nSPS) is 13.4. The third-order valence-electron chi connectivity index (χ3n) is 4.87. The number of rotatable bonds is 5. The fraction of sp³-hybridized carbons (Fsp3) is 0.364. The molecular formula is C22H28N4O2S. The Balaban J connectivity index is 2.06. The third-order valence-corrected chi connectivity index (χ3v) is 6.60. The average Bonchev–Trinajstić information content (AvgIpc) is 3.05. The highest BCUT2D eigenvalue weighted by atomic mass is 32.2. The molecule has 3 aromatic rings. The van der Waals surface area contributed by atoms with E-state index in [9.17, 15) is 8.42 Å². The summed E-state index contributed by atoms with van der Waals surface area (Å²) in [5.74, 6) is 1.01. The number of benzene rings is 2. The minimum atomic E-state index is -3.81.